The summed E-state index contributed by atoms with van der Waals surface area (Å²) in [5.41, 5.74) is 0.503. The first-order valence-corrected chi connectivity index (χ1v) is 3.34. The van der Waals surface area contributed by atoms with Crippen LogP contribution in [0.15, 0.2) is 0 Å². The fraction of sp³-hybridized carbons (Fsp3) is 0.875. The highest BCUT2D eigenvalue weighted by Gasteiger charge is 2.65. The zero-order valence-corrected chi connectivity index (χ0v) is 6.52. The van der Waals surface area contributed by atoms with Gasteiger partial charge < -0.3 is 0 Å². The van der Waals surface area contributed by atoms with Gasteiger partial charge in [0, 0.05) is 0 Å². The summed E-state index contributed by atoms with van der Waals surface area (Å²) in [5.74, 6) is 0.269. The molecule has 1 aliphatic carbocycles. The second-order valence-electron chi connectivity index (χ2n) is 4.01. The quantitative estimate of drug-likeness (QED) is 0.484. The first kappa shape index (κ1) is 6.61. The van der Waals surface area contributed by atoms with Crippen LogP contribution in [0.5, 0.6) is 0 Å². The molecule has 0 spiro atoms. The average molecular weight is 123 g/mol. The van der Waals surface area contributed by atoms with E-state index in [9.17, 15) is 0 Å². The van der Waals surface area contributed by atoms with E-state index < -0.39 is 0 Å². The van der Waals surface area contributed by atoms with E-state index >= 15 is 0 Å². The van der Waals surface area contributed by atoms with Gasteiger partial charge in [-0.15, -0.1) is 0 Å². The van der Waals surface area contributed by atoms with Crippen LogP contribution in [0.4, 0.5) is 0 Å². The second kappa shape index (κ2) is 1.31. The Morgan fingerprint density at radius 2 is 1.44 bits per heavy atom. The molecule has 0 aromatic heterocycles. The molecular weight excluding hydrogens is 110 g/mol. The van der Waals surface area contributed by atoms with Crippen LogP contribution >= 0.6 is 0 Å². The summed E-state index contributed by atoms with van der Waals surface area (Å²) in [6.45, 7) is 8.61. The van der Waals surface area contributed by atoms with E-state index in [1.54, 1.807) is 0 Å². The van der Waals surface area contributed by atoms with Gasteiger partial charge in [0.15, 0.2) is 0 Å². The first-order valence-electron chi connectivity index (χ1n) is 3.34. The van der Waals surface area contributed by atoms with E-state index in [2.05, 4.69) is 33.8 Å². The van der Waals surface area contributed by atoms with Gasteiger partial charge in [0.25, 0.3) is 0 Å². The maximum atomic E-state index is 8.63. The summed E-state index contributed by atoms with van der Waals surface area (Å²) in [6.07, 6.45) is 0. The zero-order chi connectivity index (χ0) is 7.28. The monoisotopic (exact) mass is 123 g/mol. The summed E-state index contributed by atoms with van der Waals surface area (Å²) in [4.78, 5) is 0. The Balaban J connectivity index is 2.81. The normalized spacial score (nSPS) is 29.2. The van der Waals surface area contributed by atoms with Gasteiger partial charge in [0.05, 0.1) is 12.0 Å². The minimum absolute atomic E-state index is 0.252. The van der Waals surface area contributed by atoms with Crippen molar-refractivity contribution in [2.45, 2.75) is 27.7 Å². The largest absolute Gasteiger partial charge is 0.198 e. The summed E-state index contributed by atoms with van der Waals surface area (Å²) in [7, 11) is 0. The van der Waals surface area contributed by atoms with Crippen LogP contribution in [0.2, 0.25) is 0 Å². The summed E-state index contributed by atoms with van der Waals surface area (Å²) in [5, 5.41) is 8.63. The van der Waals surface area contributed by atoms with Crippen molar-refractivity contribution in [1.82, 2.24) is 0 Å². The molecule has 1 fully saturated rings. The lowest BCUT2D eigenvalue weighted by atomic mass is 10.0. The van der Waals surface area contributed by atoms with E-state index in [1.807, 2.05) is 0 Å². The molecular formula is C8H13N. The van der Waals surface area contributed by atoms with Crippen LogP contribution in [0.1, 0.15) is 27.7 Å². The molecule has 1 aliphatic rings. The minimum atomic E-state index is 0.252. The molecule has 1 saturated carbocycles. The Labute approximate surface area is 56.7 Å². The molecule has 1 heteroatoms. The van der Waals surface area contributed by atoms with Crippen molar-refractivity contribution in [3.8, 4) is 6.07 Å². The molecule has 1 nitrogen and oxygen atoms in total. The Hall–Kier alpha value is -0.510. The van der Waals surface area contributed by atoms with Crippen molar-refractivity contribution in [3.05, 3.63) is 0 Å². The van der Waals surface area contributed by atoms with Crippen LogP contribution in [-0.2, 0) is 0 Å². The molecule has 0 radical (unpaired) electrons. The predicted octanol–water partition coefficient (Wildman–Crippen LogP) is 2.19. The van der Waals surface area contributed by atoms with E-state index in [0.717, 1.165) is 0 Å². The second-order valence-corrected chi connectivity index (χ2v) is 4.01. The fourth-order valence-corrected chi connectivity index (χ4v) is 1.52. The molecule has 9 heavy (non-hydrogen) atoms. The van der Waals surface area contributed by atoms with Crippen molar-refractivity contribution in [2.75, 3.05) is 0 Å². The SMILES string of the molecule is CC1(C)C(C#N)C1(C)C. The van der Waals surface area contributed by atoms with E-state index in [4.69, 9.17) is 5.26 Å². The zero-order valence-electron chi connectivity index (χ0n) is 6.52. The Bertz CT molecular complexity index is 157. The maximum Gasteiger partial charge on any atom is 0.0667 e. The number of nitrogens with zero attached hydrogens (tertiary/aromatic N) is 1. The lowest BCUT2D eigenvalue weighted by Gasteiger charge is -2.03. The van der Waals surface area contributed by atoms with Gasteiger partial charge in [0.1, 0.15) is 0 Å². The van der Waals surface area contributed by atoms with Gasteiger partial charge in [-0.05, 0) is 10.8 Å². The highest BCUT2D eigenvalue weighted by atomic mass is 14.7. The predicted molar refractivity (Wildman–Crippen MR) is 36.7 cm³/mol. The number of hydrogen-bond donors (Lipinski definition) is 0. The van der Waals surface area contributed by atoms with Crippen molar-refractivity contribution < 1.29 is 0 Å². The van der Waals surface area contributed by atoms with Gasteiger partial charge in [-0.1, -0.05) is 27.7 Å². The van der Waals surface area contributed by atoms with Gasteiger partial charge in [-0.25, -0.2) is 0 Å². The molecule has 0 unspecified atom stereocenters. The van der Waals surface area contributed by atoms with Crippen LogP contribution in [0, 0.1) is 28.1 Å². The van der Waals surface area contributed by atoms with Crippen molar-refractivity contribution in [1.29, 1.82) is 5.26 Å². The summed E-state index contributed by atoms with van der Waals surface area (Å²) in [6, 6.07) is 2.32. The lowest BCUT2D eigenvalue weighted by Crippen LogP contribution is -1.95. The molecule has 0 saturated heterocycles. The molecule has 1 rings (SSSR count). The smallest absolute Gasteiger partial charge is 0.0667 e. The van der Waals surface area contributed by atoms with Crippen LogP contribution in [-0.4, -0.2) is 0 Å². The van der Waals surface area contributed by atoms with Gasteiger partial charge in [0.2, 0.25) is 0 Å². The van der Waals surface area contributed by atoms with Crippen molar-refractivity contribution in [2.24, 2.45) is 16.7 Å². The average Bonchev–Trinajstić information content (AvgIpc) is 2.00. The lowest BCUT2D eigenvalue weighted by molar-refractivity contribution is 0.457. The number of hydrogen-bond acceptors (Lipinski definition) is 1. The third kappa shape index (κ3) is 0.538. The Morgan fingerprint density at radius 1 is 1.11 bits per heavy atom. The molecule has 0 heterocycles. The molecule has 0 amide bonds. The van der Waals surface area contributed by atoms with Gasteiger partial charge in [-0.2, -0.15) is 5.26 Å². The van der Waals surface area contributed by atoms with Crippen LogP contribution in [0.3, 0.4) is 0 Å². The molecule has 50 valence electrons. The van der Waals surface area contributed by atoms with E-state index in [-0.39, 0.29) is 16.7 Å². The standard InChI is InChI=1S/C8H13N/c1-7(2)6(5-9)8(7,3)4/h6H,1-4H3. The highest BCUT2D eigenvalue weighted by molar-refractivity contribution is 5.20. The third-order valence-corrected chi connectivity index (χ3v) is 3.15. The van der Waals surface area contributed by atoms with Crippen molar-refractivity contribution in [3.63, 3.8) is 0 Å². The molecule has 0 bridgehead atoms. The van der Waals surface area contributed by atoms with Gasteiger partial charge >= 0.3 is 0 Å². The number of nitriles is 1. The number of rotatable bonds is 0. The summed E-state index contributed by atoms with van der Waals surface area (Å²) >= 11 is 0. The maximum absolute atomic E-state index is 8.63. The third-order valence-electron chi connectivity index (χ3n) is 3.15. The Morgan fingerprint density at radius 3 is 1.44 bits per heavy atom. The van der Waals surface area contributed by atoms with Gasteiger partial charge in [-0.3, -0.25) is 0 Å². The topological polar surface area (TPSA) is 23.8 Å². The van der Waals surface area contributed by atoms with Crippen LogP contribution in [0.25, 0.3) is 0 Å². The molecule has 0 atom stereocenters. The minimum Gasteiger partial charge on any atom is -0.198 e. The molecule has 0 aromatic carbocycles. The fourth-order valence-electron chi connectivity index (χ4n) is 1.52. The highest BCUT2D eigenvalue weighted by Crippen LogP contribution is 2.67. The van der Waals surface area contributed by atoms with Crippen molar-refractivity contribution >= 4 is 0 Å². The van der Waals surface area contributed by atoms with E-state index in [0.29, 0.717) is 0 Å². The molecule has 0 N–H and O–H groups in total. The summed E-state index contributed by atoms with van der Waals surface area (Å²) < 4.78 is 0. The molecule has 0 aromatic rings. The molecule has 0 aliphatic heterocycles. The first-order chi connectivity index (χ1) is 3.94. The Kier molecular flexibility index (Phi) is 0.965. The van der Waals surface area contributed by atoms with E-state index in [1.165, 1.54) is 0 Å². The van der Waals surface area contributed by atoms with Crippen LogP contribution < -0.4 is 0 Å².